The molecule has 36 heavy (non-hydrogen) atoms. The molecule has 2 aromatic carbocycles. The average molecular weight is 489 g/mol. The van der Waals surface area contributed by atoms with Crippen molar-refractivity contribution in [2.75, 3.05) is 38.7 Å². The van der Waals surface area contributed by atoms with E-state index in [2.05, 4.69) is 20.3 Å². The van der Waals surface area contributed by atoms with Gasteiger partial charge in [0, 0.05) is 37.5 Å². The molecule has 4 rings (SSSR count). The highest BCUT2D eigenvalue weighted by Gasteiger charge is 2.26. The van der Waals surface area contributed by atoms with Gasteiger partial charge in [0.05, 0.1) is 30.2 Å². The summed E-state index contributed by atoms with van der Waals surface area (Å²) in [7, 11) is 1.56. The van der Waals surface area contributed by atoms with Crippen LogP contribution in [0, 0.1) is 5.41 Å². The molecule has 1 unspecified atom stereocenters. The summed E-state index contributed by atoms with van der Waals surface area (Å²) in [6.45, 7) is 2.08. The zero-order valence-corrected chi connectivity index (χ0v) is 19.8. The molecule has 186 valence electrons. The Kier molecular flexibility index (Phi) is 7.71. The minimum absolute atomic E-state index is 0.126. The Bertz CT molecular complexity index is 1250. The molecule has 0 radical (unpaired) electrons. The van der Waals surface area contributed by atoms with E-state index >= 15 is 0 Å². The van der Waals surface area contributed by atoms with Gasteiger partial charge in [-0.05, 0) is 6.07 Å². The standard InChI is InChI=1S/C25H28N8O3/c1-29-15-18(21(26)33-11-13-35-14-12-33)22(27)36-25(28)32-23-24(34)30-19-10-6-5-9-17(19)20(31-23)16-7-3-2-4-8-16/h2-10,15,23,26H,11-14,27H2,1H3,(H2,28,32)(H,30,34). The Hall–Kier alpha value is -4.51. The van der Waals surface area contributed by atoms with Gasteiger partial charge in [-0.15, -0.1) is 0 Å². The molecule has 2 aromatic rings. The van der Waals surface area contributed by atoms with Crippen LogP contribution in [0.1, 0.15) is 11.1 Å². The number of nitrogens with zero attached hydrogens (tertiary/aromatic N) is 4. The molecule has 1 atom stereocenters. The number of fused-ring (bicyclic) bond motifs is 1. The van der Waals surface area contributed by atoms with Gasteiger partial charge in [0.15, 0.2) is 0 Å². The van der Waals surface area contributed by atoms with Crippen molar-refractivity contribution in [2.45, 2.75) is 6.17 Å². The molecule has 1 fully saturated rings. The number of anilines is 1. The Morgan fingerprint density at radius 2 is 1.86 bits per heavy atom. The molecular weight excluding hydrogens is 460 g/mol. The number of benzene rings is 2. The Labute approximate surface area is 208 Å². The van der Waals surface area contributed by atoms with Crippen LogP contribution in [-0.2, 0) is 14.3 Å². The van der Waals surface area contributed by atoms with Crippen LogP contribution in [0.2, 0.25) is 0 Å². The Balaban J connectivity index is 1.65. The van der Waals surface area contributed by atoms with Gasteiger partial charge in [0.1, 0.15) is 5.84 Å². The van der Waals surface area contributed by atoms with Crippen molar-refractivity contribution in [1.82, 2.24) is 4.90 Å². The zero-order chi connectivity index (χ0) is 25.5. The van der Waals surface area contributed by atoms with Gasteiger partial charge in [-0.1, -0.05) is 48.5 Å². The topological polar surface area (TPSA) is 164 Å². The van der Waals surface area contributed by atoms with E-state index in [4.69, 9.17) is 26.4 Å². The molecule has 2 heterocycles. The summed E-state index contributed by atoms with van der Waals surface area (Å²) in [5, 5.41) is 11.4. The number of hydrogen-bond acceptors (Lipinski definition) is 8. The number of carbonyl (C=O) groups is 1. The third kappa shape index (κ3) is 5.58. The molecule has 0 aromatic heterocycles. The number of aliphatic imine (C=N–C) groups is 3. The minimum Gasteiger partial charge on any atom is -0.409 e. The molecule has 6 N–H and O–H groups in total. The van der Waals surface area contributed by atoms with E-state index in [0.717, 1.165) is 11.1 Å². The Morgan fingerprint density at radius 1 is 1.17 bits per heavy atom. The maximum Gasteiger partial charge on any atom is 0.291 e. The average Bonchev–Trinajstić information content (AvgIpc) is 3.04. The van der Waals surface area contributed by atoms with E-state index in [1.165, 1.54) is 6.21 Å². The normalized spacial score (nSPS) is 19.1. The SMILES string of the molecule is CN=CC(C(=N)N1CCOCC1)=C(N)OC(N)=NC1N=C(c2ccccc2)c2ccccc2NC1=O. The number of hydrogen-bond donors (Lipinski definition) is 4. The van der Waals surface area contributed by atoms with Crippen LogP contribution in [0.15, 0.2) is 81.0 Å². The Morgan fingerprint density at radius 3 is 2.58 bits per heavy atom. The first-order chi connectivity index (χ1) is 17.5. The van der Waals surface area contributed by atoms with E-state index in [1.54, 1.807) is 18.0 Å². The smallest absolute Gasteiger partial charge is 0.291 e. The van der Waals surface area contributed by atoms with Gasteiger partial charge < -0.3 is 31.2 Å². The number of nitrogens with one attached hydrogen (secondary N) is 2. The van der Waals surface area contributed by atoms with Crippen LogP contribution >= 0.6 is 0 Å². The predicted molar refractivity (Wildman–Crippen MR) is 139 cm³/mol. The fourth-order valence-electron chi connectivity index (χ4n) is 3.80. The van der Waals surface area contributed by atoms with Gasteiger partial charge in [-0.2, -0.15) is 4.99 Å². The molecule has 1 saturated heterocycles. The quantitative estimate of drug-likeness (QED) is 0.282. The first-order valence-electron chi connectivity index (χ1n) is 11.4. The maximum atomic E-state index is 13.0. The van der Waals surface area contributed by atoms with Crippen molar-refractivity contribution in [1.29, 1.82) is 5.41 Å². The number of rotatable bonds is 5. The van der Waals surface area contributed by atoms with Crippen molar-refractivity contribution in [2.24, 2.45) is 26.4 Å². The number of benzodiazepines with no additional fused rings is 1. The second-order valence-electron chi connectivity index (χ2n) is 7.93. The van der Waals surface area contributed by atoms with Crippen molar-refractivity contribution >= 4 is 35.4 Å². The molecule has 0 bridgehead atoms. The summed E-state index contributed by atoms with van der Waals surface area (Å²) in [4.78, 5) is 27.6. The summed E-state index contributed by atoms with van der Waals surface area (Å²) in [5.74, 6) is -0.511. The molecular formula is C25H28N8O3. The molecule has 0 aliphatic carbocycles. The molecule has 0 saturated carbocycles. The summed E-state index contributed by atoms with van der Waals surface area (Å²) in [5.41, 5.74) is 15.2. The number of amidine groups is 2. The van der Waals surface area contributed by atoms with Gasteiger partial charge in [-0.3, -0.25) is 15.2 Å². The highest BCUT2D eigenvalue weighted by Crippen LogP contribution is 2.24. The first-order valence-corrected chi connectivity index (χ1v) is 11.4. The van der Waals surface area contributed by atoms with Crippen molar-refractivity contribution in [3.8, 4) is 0 Å². The van der Waals surface area contributed by atoms with E-state index in [0.29, 0.717) is 37.7 Å². The largest absolute Gasteiger partial charge is 0.409 e. The third-order valence-corrected chi connectivity index (χ3v) is 5.54. The van der Waals surface area contributed by atoms with E-state index in [9.17, 15) is 4.79 Å². The van der Waals surface area contributed by atoms with E-state index in [1.807, 2.05) is 48.5 Å². The minimum atomic E-state index is -1.22. The van der Waals surface area contributed by atoms with Crippen LogP contribution in [-0.4, -0.2) is 74.1 Å². The fourth-order valence-corrected chi connectivity index (χ4v) is 3.80. The van der Waals surface area contributed by atoms with Crippen molar-refractivity contribution in [3.63, 3.8) is 0 Å². The third-order valence-electron chi connectivity index (χ3n) is 5.54. The number of morpholine rings is 1. The van der Waals surface area contributed by atoms with Gasteiger partial charge >= 0.3 is 0 Å². The van der Waals surface area contributed by atoms with E-state index < -0.39 is 12.1 Å². The van der Waals surface area contributed by atoms with Crippen LogP contribution in [0.4, 0.5) is 5.69 Å². The van der Waals surface area contributed by atoms with Crippen LogP contribution in [0.5, 0.6) is 0 Å². The lowest BCUT2D eigenvalue weighted by molar-refractivity contribution is -0.117. The lowest BCUT2D eigenvalue weighted by Gasteiger charge is -2.29. The summed E-state index contributed by atoms with van der Waals surface area (Å²) in [6.07, 6.45) is 0.198. The number of ether oxygens (including phenoxy) is 2. The molecule has 0 spiro atoms. The second-order valence-corrected chi connectivity index (χ2v) is 7.93. The monoisotopic (exact) mass is 488 g/mol. The highest BCUT2D eigenvalue weighted by molar-refractivity contribution is 6.19. The van der Waals surface area contributed by atoms with Crippen LogP contribution < -0.4 is 16.8 Å². The first kappa shape index (κ1) is 24.6. The maximum absolute atomic E-state index is 13.0. The van der Waals surface area contributed by atoms with Gasteiger partial charge in [0.25, 0.3) is 11.9 Å². The fraction of sp³-hybridized carbons (Fsp3) is 0.240. The lowest BCUT2D eigenvalue weighted by atomic mass is 10.0. The molecule has 11 heteroatoms. The van der Waals surface area contributed by atoms with Crippen molar-refractivity contribution in [3.05, 3.63) is 77.2 Å². The van der Waals surface area contributed by atoms with E-state index in [-0.39, 0.29) is 23.3 Å². The number of para-hydroxylation sites is 1. The van der Waals surface area contributed by atoms with Gasteiger partial charge in [-0.25, -0.2) is 4.99 Å². The van der Waals surface area contributed by atoms with Crippen LogP contribution in [0.3, 0.4) is 0 Å². The summed E-state index contributed by atoms with van der Waals surface area (Å²) < 4.78 is 10.9. The second kappa shape index (κ2) is 11.3. The summed E-state index contributed by atoms with van der Waals surface area (Å²) in [6, 6.07) is 16.5. The zero-order valence-electron chi connectivity index (χ0n) is 19.8. The lowest BCUT2D eigenvalue weighted by Crippen LogP contribution is -2.42. The van der Waals surface area contributed by atoms with Crippen molar-refractivity contribution < 1.29 is 14.3 Å². The number of nitrogens with two attached hydrogens (primary N) is 2. The molecule has 11 nitrogen and oxygen atoms in total. The highest BCUT2D eigenvalue weighted by atomic mass is 16.5. The predicted octanol–water partition coefficient (Wildman–Crippen LogP) is 1.31. The summed E-state index contributed by atoms with van der Waals surface area (Å²) >= 11 is 0. The molecule has 1 amide bonds. The molecule has 2 aliphatic rings. The van der Waals surface area contributed by atoms with Gasteiger partial charge in [0.2, 0.25) is 12.0 Å². The number of amides is 1. The molecule has 2 aliphatic heterocycles. The van der Waals surface area contributed by atoms with Crippen LogP contribution in [0.25, 0.3) is 0 Å². The number of carbonyl (C=O) groups excluding carboxylic acids is 1.